The van der Waals surface area contributed by atoms with Crippen LogP contribution in [0.25, 0.3) is 11.1 Å². The molecule has 1 atom stereocenters. The Labute approximate surface area is 270 Å². The number of aryl methyl sites for hydroxylation is 1. The topological polar surface area (TPSA) is 89.5 Å². The van der Waals surface area contributed by atoms with Crippen LogP contribution in [0.5, 0.6) is 0 Å². The SMILES string of the molecule is CSCCC(NC(=O)c1ccc(CN(Cc2ccccc2)c2cccc(C(C)=O)c2)cc1-c1ccccc1C)C(=O)[O-].[Li+]. The van der Waals surface area contributed by atoms with Crippen LogP contribution in [-0.2, 0) is 17.9 Å². The van der Waals surface area contributed by atoms with Crippen LogP contribution in [0.2, 0.25) is 0 Å². The molecule has 1 N–H and O–H groups in total. The normalized spacial score (nSPS) is 11.2. The summed E-state index contributed by atoms with van der Waals surface area (Å²) in [6, 6.07) is 30.1. The molecule has 0 saturated carbocycles. The first-order chi connectivity index (χ1) is 20.3. The first-order valence-electron chi connectivity index (χ1n) is 13.9. The molecule has 0 heterocycles. The minimum absolute atomic E-state index is 0. The second-order valence-electron chi connectivity index (χ2n) is 10.3. The number of hydrogen-bond donors (Lipinski definition) is 1. The summed E-state index contributed by atoms with van der Waals surface area (Å²) in [6.07, 6.45) is 2.17. The van der Waals surface area contributed by atoms with Crippen molar-refractivity contribution in [2.45, 2.75) is 39.4 Å². The number of nitrogens with zero attached hydrogens (tertiary/aromatic N) is 1. The third-order valence-electron chi connectivity index (χ3n) is 7.17. The van der Waals surface area contributed by atoms with Crippen LogP contribution >= 0.6 is 11.8 Å². The van der Waals surface area contributed by atoms with E-state index in [-0.39, 0.29) is 31.1 Å². The van der Waals surface area contributed by atoms with Crippen LogP contribution in [0.1, 0.15) is 50.8 Å². The number of anilines is 1. The number of carbonyl (C=O) groups excluding carboxylic acids is 3. The number of aliphatic carboxylic acids is 1. The average molecular weight is 587 g/mol. The maximum atomic E-state index is 13.5. The fourth-order valence-corrected chi connectivity index (χ4v) is 5.36. The smallest absolute Gasteiger partial charge is 0.548 e. The van der Waals surface area contributed by atoms with E-state index in [0.29, 0.717) is 30.0 Å². The van der Waals surface area contributed by atoms with Gasteiger partial charge in [-0.05, 0) is 84.4 Å². The van der Waals surface area contributed by atoms with E-state index < -0.39 is 17.9 Å². The van der Waals surface area contributed by atoms with E-state index in [9.17, 15) is 19.5 Å². The summed E-state index contributed by atoms with van der Waals surface area (Å²) in [5, 5.41) is 14.4. The third-order valence-corrected chi connectivity index (χ3v) is 7.82. The number of thioether (sulfide) groups is 1. The second kappa shape index (κ2) is 16.2. The van der Waals surface area contributed by atoms with Gasteiger partial charge >= 0.3 is 18.9 Å². The molecular weight excluding hydrogens is 551 g/mol. The fourth-order valence-electron chi connectivity index (χ4n) is 4.89. The second-order valence-corrected chi connectivity index (χ2v) is 11.3. The molecule has 6 nitrogen and oxygen atoms in total. The molecule has 0 aliphatic heterocycles. The number of rotatable bonds is 13. The van der Waals surface area contributed by atoms with E-state index in [4.69, 9.17) is 0 Å². The number of hydrogen-bond acceptors (Lipinski definition) is 6. The van der Waals surface area contributed by atoms with E-state index in [2.05, 4.69) is 22.3 Å². The van der Waals surface area contributed by atoms with E-state index in [0.717, 1.165) is 33.5 Å². The Morgan fingerprint density at radius 3 is 2.21 bits per heavy atom. The molecule has 0 aromatic heterocycles. The number of ketones is 1. The van der Waals surface area contributed by atoms with Crippen molar-refractivity contribution in [1.82, 2.24) is 5.32 Å². The molecule has 1 amide bonds. The Morgan fingerprint density at radius 2 is 1.53 bits per heavy atom. The molecule has 0 saturated heterocycles. The van der Waals surface area contributed by atoms with Gasteiger partial charge in [0.2, 0.25) is 0 Å². The molecule has 43 heavy (non-hydrogen) atoms. The number of benzene rings is 4. The van der Waals surface area contributed by atoms with Gasteiger partial charge in [0.05, 0.1) is 12.0 Å². The summed E-state index contributed by atoms with van der Waals surface area (Å²) in [5.74, 6) is -1.16. The Hall–Kier alpha value is -3.76. The maximum Gasteiger partial charge on any atom is 1.00 e. The minimum Gasteiger partial charge on any atom is -0.548 e. The molecule has 0 spiro atoms. The Bertz CT molecular complexity index is 1560. The number of carbonyl (C=O) groups is 3. The standard InChI is InChI=1S/C35H36N2O4S.Li/c1-24-10-7-8-15-30(24)32-20-27(16-17-31(32)34(39)36-33(35(40)41)18-19-42-3)23-37(22-26-11-5-4-6-12-26)29-14-9-13-28(21-29)25(2)38;/h4-17,20-21,33H,18-19,22-23H2,1-3H3,(H,36,39)(H,40,41);/q;+1/p-1. The van der Waals surface area contributed by atoms with Crippen LogP contribution in [0.15, 0.2) is 97.1 Å². The average Bonchev–Trinajstić information content (AvgIpc) is 2.99. The molecule has 0 aliphatic carbocycles. The Kier molecular flexibility index (Phi) is 12.7. The molecule has 4 rings (SSSR count). The monoisotopic (exact) mass is 586 g/mol. The largest absolute Gasteiger partial charge is 1.00 e. The van der Waals surface area contributed by atoms with E-state index in [1.165, 1.54) is 11.8 Å². The van der Waals surface area contributed by atoms with Gasteiger partial charge in [0, 0.05) is 29.9 Å². The van der Waals surface area contributed by atoms with Crippen LogP contribution < -0.4 is 34.2 Å². The van der Waals surface area contributed by atoms with Crippen molar-refractivity contribution < 1.29 is 38.4 Å². The Morgan fingerprint density at radius 1 is 0.837 bits per heavy atom. The molecule has 4 aromatic rings. The quantitative estimate of drug-likeness (QED) is 0.192. The fraction of sp³-hybridized carbons (Fsp3) is 0.229. The molecule has 4 aromatic carbocycles. The Balaban J connectivity index is 0.00000506. The number of carboxylic acid groups (broad SMARTS) is 1. The van der Waals surface area contributed by atoms with Crippen LogP contribution in [-0.4, -0.2) is 35.7 Å². The zero-order chi connectivity index (χ0) is 30.1. The molecule has 0 bridgehead atoms. The van der Waals surface area contributed by atoms with Gasteiger partial charge in [0.1, 0.15) is 0 Å². The van der Waals surface area contributed by atoms with Gasteiger partial charge in [-0.1, -0.05) is 72.8 Å². The molecule has 0 aliphatic rings. The summed E-state index contributed by atoms with van der Waals surface area (Å²) in [5.41, 5.74) is 6.66. The summed E-state index contributed by atoms with van der Waals surface area (Å²) in [4.78, 5) is 39.6. The van der Waals surface area contributed by atoms with Crippen molar-refractivity contribution in [2.75, 3.05) is 16.9 Å². The first-order valence-corrected chi connectivity index (χ1v) is 15.3. The van der Waals surface area contributed by atoms with E-state index >= 15 is 0 Å². The number of Topliss-reactive ketones (excluding diaryl/α,β-unsaturated/α-hetero) is 1. The first kappa shape index (κ1) is 33.7. The number of amides is 1. The van der Waals surface area contributed by atoms with Crippen molar-refractivity contribution in [3.63, 3.8) is 0 Å². The molecule has 0 fully saturated rings. The van der Waals surface area contributed by atoms with Crippen LogP contribution in [0.4, 0.5) is 5.69 Å². The number of nitrogens with one attached hydrogen (secondary N) is 1. The van der Waals surface area contributed by atoms with Gasteiger partial charge in [-0.15, -0.1) is 0 Å². The predicted molar refractivity (Wildman–Crippen MR) is 169 cm³/mol. The summed E-state index contributed by atoms with van der Waals surface area (Å²) in [6.45, 7) is 4.69. The molecular formula is C35H35LiN2O4S. The molecule has 216 valence electrons. The van der Waals surface area contributed by atoms with Gasteiger partial charge in [0.15, 0.2) is 5.78 Å². The van der Waals surface area contributed by atoms with Crippen molar-refractivity contribution in [1.29, 1.82) is 0 Å². The van der Waals surface area contributed by atoms with Crippen molar-refractivity contribution >= 4 is 35.1 Å². The summed E-state index contributed by atoms with van der Waals surface area (Å²) in [7, 11) is 0. The van der Waals surface area contributed by atoms with Gasteiger partial charge in [-0.3, -0.25) is 9.59 Å². The summed E-state index contributed by atoms with van der Waals surface area (Å²) < 4.78 is 0. The maximum absolute atomic E-state index is 13.5. The molecule has 8 heteroatoms. The zero-order valence-electron chi connectivity index (χ0n) is 25.1. The van der Waals surface area contributed by atoms with Gasteiger partial charge in [-0.2, -0.15) is 11.8 Å². The molecule has 0 radical (unpaired) electrons. The van der Waals surface area contributed by atoms with E-state index in [1.807, 2.05) is 92.0 Å². The third kappa shape index (κ3) is 9.11. The van der Waals surface area contributed by atoms with E-state index in [1.54, 1.807) is 13.0 Å². The minimum atomic E-state index is -1.30. The molecule has 1 unspecified atom stereocenters. The zero-order valence-corrected chi connectivity index (χ0v) is 25.9. The summed E-state index contributed by atoms with van der Waals surface area (Å²) >= 11 is 1.52. The van der Waals surface area contributed by atoms with Gasteiger partial charge in [0.25, 0.3) is 5.91 Å². The van der Waals surface area contributed by atoms with Crippen molar-refractivity contribution in [3.05, 3.63) is 125 Å². The van der Waals surface area contributed by atoms with Crippen LogP contribution in [0, 0.1) is 6.92 Å². The predicted octanol–water partition coefficient (Wildman–Crippen LogP) is 2.68. The van der Waals surface area contributed by atoms with Gasteiger partial charge < -0.3 is 20.1 Å². The van der Waals surface area contributed by atoms with Crippen LogP contribution in [0.3, 0.4) is 0 Å². The van der Waals surface area contributed by atoms with Crippen molar-refractivity contribution in [3.8, 4) is 11.1 Å². The van der Waals surface area contributed by atoms with Gasteiger partial charge in [-0.25, -0.2) is 0 Å². The number of carboxylic acids is 1. The van der Waals surface area contributed by atoms with Crippen molar-refractivity contribution in [2.24, 2.45) is 0 Å².